The Labute approximate surface area is 301 Å². The molecule has 16 heteroatoms. The van der Waals surface area contributed by atoms with E-state index in [2.05, 4.69) is 54.6 Å². The predicted octanol–water partition coefficient (Wildman–Crippen LogP) is 4.53. The second-order valence-corrected chi connectivity index (χ2v) is 15.5. The number of nitrogens with two attached hydrogens (primary N) is 1. The number of ether oxygens (including phenoxy) is 2. The minimum atomic E-state index is -1.47. The number of aliphatic hydroxyl groups excluding tert-OH is 1. The topological polar surface area (TPSA) is 172 Å². The molecule has 6 N–H and O–H groups in total. The van der Waals surface area contributed by atoms with E-state index in [0.717, 1.165) is 33.4 Å². The normalized spacial score (nSPS) is 14.4. The van der Waals surface area contributed by atoms with E-state index in [1.807, 2.05) is 24.3 Å². The van der Waals surface area contributed by atoms with E-state index in [4.69, 9.17) is 15.2 Å². The zero-order valence-electron chi connectivity index (χ0n) is 27.8. The number of primary amides is 1. The molecule has 0 heterocycles. The van der Waals surface area contributed by atoms with Crippen molar-refractivity contribution in [1.29, 1.82) is 0 Å². The Morgan fingerprint density at radius 1 is 0.979 bits per heavy atom. The zero-order chi connectivity index (χ0) is 36.6. The van der Waals surface area contributed by atoms with Crippen molar-refractivity contribution in [2.24, 2.45) is 16.6 Å². The van der Waals surface area contributed by atoms with Crippen LogP contribution in [0.4, 0.5) is 18.4 Å². The second-order valence-electron chi connectivity index (χ2n) is 13.3. The third-order valence-corrected chi connectivity index (χ3v) is 8.30. The number of nitrogens with one attached hydrogen (secondary N) is 3. The molecule has 2 aromatic carbocycles. The van der Waals surface area contributed by atoms with Gasteiger partial charge in [0.25, 0.3) is 5.91 Å². The van der Waals surface area contributed by atoms with Crippen LogP contribution in [0.3, 0.4) is 0 Å². The van der Waals surface area contributed by atoms with Crippen molar-refractivity contribution in [3.05, 3.63) is 67.2 Å². The van der Waals surface area contributed by atoms with Crippen LogP contribution in [0.1, 0.15) is 52.7 Å². The number of carbonyl (C=O) groups excluding carboxylic acids is 4. The fourth-order valence-electron chi connectivity index (χ4n) is 4.65. The van der Waals surface area contributed by atoms with E-state index in [1.165, 1.54) is 0 Å². The number of amides is 4. The monoisotopic (exact) mass is 853 g/mol. The lowest BCUT2D eigenvalue weighted by Gasteiger charge is -2.35. The highest BCUT2D eigenvalue weighted by Gasteiger charge is 2.38. The molecule has 0 saturated carbocycles. The Morgan fingerprint density at radius 2 is 1.54 bits per heavy atom. The first kappa shape index (κ1) is 41.1. The van der Waals surface area contributed by atoms with Gasteiger partial charge in [0.15, 0.2) is 6.10 Å². The Bertz CT molecular complexity index is 1430. The Hall–Kier alpha value is -3.09. The number of hydrazine groups is 1. The molecule has 2 rings (SSSR count). The van der Waals surface area contributed by atoms with Crippen LogP contribution in [0, 0.1) is 26.0 Å². The summed E-state index contributed by atoms with van der Waals surface area (Å²) >= 11 is 5.18. The van der Waals surface area contributed by atoms with Gasteiger partial charge in [-0.15, -0.1) is 0 Å². The smallest absolute Gasteiger partial charge is 0.407 e. The summed E-state index contributed by atoms with van der Waals surface area (Å²) in [6.07, 6.45) is -4.85. The van der Waals surface area contributed by atoms with Crippen molar-refractivity contribution in [2.45, 2.75) is 78.8 Å². The summed E-state index contributed by atoms with van der Waals surface area (Å²) in [4.78, 5) is 50.8. The molecule has 0 radical (unpaired) electrons. The van der Waals surface area contributed by atoms with E-state index >= 15 is 0 Å². The van der Waals surface area contributed by atoms with Gasteiger partial charge in [-0.1, -0.05) is 69.6 Å². The molecule has 0 bridgehead atoms. The van der Waals surface area contributed by atoms with Gasteiger partial charge < -0.3 is 30.9 Å². The fourth-order valence-corrected chi connectivity index (χ4v) is 5.41. The van der Waals surface area contributed by atoms with Crippen LogP contribution in [0.25, 0.3) is 0 Å². The van der Waals surface area contributed by atoms with E-state index in [9.17, 15) is 33.1 Å². The number of hydrogen-bond donors (Lipinski definition) is 5. The number of alkyl carbamates (subject to hydrolysis) is 1. The first-order valence-corrected chi connectivity index (χ1v) is 16.7. The number of nitrogens with zero attached hydrogens (tertiary/aromatic N) is 1. The molecule has 12 nitrogen and oxygen atoms in total. The van der Waals surface area contributed by atoms with Crippen LogP contribution in [-0.4, -0.2) is 72.1 Å². The quantitative estimate of drug-likeness (QED) is 0.145. The van der Waals surface area contributed by atoms with E-state index in [0.29, 0.717) is 0 Å². The molecule has 0 aliphatic rings. The number of halogens is 4. The van der Waals surface area contributed by atoms with Gasteiger partial charge in [0.05, 0.1) is 19.3 Å². The van der Waals surface area contributed by atoms with Crippen molar-refractivity contribution >= 4 is 62.5 Å². The van der Waals surface area contributed by atoms with Gasteiger partial charge in [-0.25, -0.2) is 23.4 Å². The summed E-state index contributed by atoms with van der Waals surface area (Å²) in [5.74, 6) is -3.37. The maximum Gasteiger partial charge on any atom is 0.407 e. The molecule has 2 aromatic rings. The maximum absolute atomic E-state index is 15.0. The highest BCUT2D eigenvalue weighted by molar-refractivity contribution is 14.1. The Balaban J connectivity index is 2.53. The number of rotatable bonds is 13. The molecule has 0 aromatic heterocycles. The lowest BCUT2D eigenvalue weighted by molar-refractivity contribution is -0.141. The van der Waals surface area contributed by atoms with Crippen molar-refractivity contribution < 1.29 is 42.5 Å². The molecule has 0 spiro atoms. The molecule has 0 unspecified atom stereocenters. The Morgan fingerprint density at radius 3 is 2.02 bits per heavy atom. The molecular weight excluding hydrogens is 811 g/mol. The number of hydrogen-bond acceptors (Lipinski definition) is 8. The van der Waals surface area contributed by atoms with Crippen LogP contribution in [-0.2, 0) is 32.0 Å². The van der Waals surface area contributed by atoms with Crippen molar-refractivity contribution in [3.63, 3.8) is 0 Å². The maximum atomic E-state index is 15.0. The third kappa shape index (κ3) is 12.7. The van der Waals surface area contributed by atoms with Gasteiger partial charge >= 0.3 is 12.2 Å². The lowest BCUT2D eigenvalue weighted by Crippen LogP contribution is -2.60. The summed E-state index contributed by atoms with van der Waals surface area (Å²) in [5, 5.41) is 18.0. The van der Waals surface area contributed by atoms with Crippen LogP contribution in [0.5, 0.6) is 0 Å². The second kappa shape index (κ2) is 17.5. The highest BCUT2D eigenvalue weighted by atomic mass is 127. The van der Waals surface area contributed by atoms with Crippen LogP contribution >= 0.6 is 38.5 Å². The summed E-state index contributed by atoms with van der Waals surface area (Å²) in [6.45, 7) is 9.02. The van der Waals surface area contributed by atoms with E-state index in [1.54, 1.807) is 41.5 Å². The first-order valence-electron chi connectivity index (χ1n) is 14.8. The van der Waals surface area contributed by atoms with E-state index in [-0.39, 0.29) is 10.9 Å². The number of carbonyl (C=O) groups is 4. The number of benzene rings is 2. The van der Waals surface area contributed by atoms with Crippen LogP contribution in [0.15, 0.2) is 40.9 Å². The zero-order valence-corrected chi connectivity index (χ0v) is 31.6. The Kier molecular flexibility index (Phi) is 15.0. The van der Waals surface area contributed by atoms with E-state index < -0.39 is 89.4 Å². The SMILES string of the molecule is COC(=O)N[C@H](C(=O)N[C@@H](Cc1ccc(I)cc1)[C@@H](O)CN(Cc1c(F)cc(Br)cc1F)NC(=O)[C@@H](OC(N)=O)C(C)(C)C)C(C)(C)C. The van der Waals surface area contributed by atoms with Gasteiger partial charge in [-0.2, -0.15) is 0 Å². The van der Waals surface area contributed by atoms with Gasteiger partial charge in [0.2, 0.25) is 5.91 Å². The first-order chi connectivity index (χ1) is 22.1. The average molecular weight is 855 g/mol. The molecule has 0 aliphatic carbocycles. The number of aliphatic hydroxyl groups is 1. The molecule has 0 aliphatic heterocycles. The van der Waals surface area contributed by atoms with Crippen molar-refractivity contribution in [2.75, 3.05) is 13.7 Å². The minimum absolute atomic E-state index is 0.0944. The molecular formula is C32H43BrF2IN5O7. The van der Waals surface area contributed by atoms with Gasteiger partial charge in [-0.05, 0) is 64.3 Å². The molecule has 0 fully saturated rings. The predicted molar refractivity (Wildman–Crippen MR) is 186 cm³/mol. The molecule has 266 valence electrons. The standard InChI is InChI=1S/C32H43BrF2IN5O7/c1-31(2,3)25(39-30(46)47-7)27(43)38-23(12-17-8-10-19(36)11-9-17)24(42)16-41(15-20-21(34)13-18(33)14-22(20)35)40-28(44)26(32(4,5)6)48-29(37)45/h8-11,13-14,23-26,42H,12,15-16H2,1-7H3,(H2,37,45)(H,38,43)(H,39,46)(H,40,44)/t23-,24-,25+,26+/m0/s1. The summed E-state index contributed by atoms with van der Waals surface area (Å²) in [5.41, 5.74) is 6.28. The minimum Gasteiger partial charge on any atom is -0.453 e. The largest absolute Gasteiger partial charge is 0.453 e. The lowest BCUT2D eigenvalue weighted by atomic mass is 9.85. The van der Waals surface area contributed by atoms with Gasteiger partial charge in [0.1, 0.15) is 17.7 Å². The third-order valence-electron chi connectivity index (χ3n) is 7.13. The summed E-state index contributed by atoms with van der Waals surface area (Å²) in [7, 11) is 1.16. The highest BCUT2D eigenvalue weighted by Crippen LogP contribution is 2.25. The average Bonchev–Trinajstić information content (AvgIpc) is 2.95. The molecule has 0 saturated heterocycles. The van der Waals surface area contributed by atoms with Gasteiger partial charge in [-0.3, -0.25) is 15.0 Å². The molecule has 4 atom stereocenters. The molecule has 4 amide bonds. The van der Waals surface area contributed by atoms with Crippen molar-refractivity contribution in [1.82, 2.24) is 21.1 Å². The van der Waals surface area contributed by atoms with Gasteiger partial charge in [0, 0.05) is 32.1 Å². The fraction of sp³-hybridized carbons (Fsp3) is 0.500. The van der Waals surface area contributed by atoms with Crippen LogP contribution < -0.4 is 21.8 Å². The number of methoxy groups -OCH3 is 1. The van der Waals surface area contributed by atoms with Crippen molar-refractivity contribution in [3.8, 4) is 0 Å². The van der Waals surface area contributed by atoms with Crippen LogP contribution in [0.2, 0.25) is 0 Å². The summed E-state index contributed by atoms with van der Waals surface area (Å²) < 4.78 is 40.8. The summed E-state index contributed by atoms with van der Waals surface area (Å²) in [6, 6.07) is 7.26. The molecule has 48 heavy (non-hydrogen) atoms.